The van der Waals surface area contributed by atoms with Crippen molar-refractivity contribution >= 4 is 11.4 Å². The van der Waals surface area contributed by atoms with Gasteiger partial charge in [-0.15, -0.1) is 0 Å². The maximum Gasteiger partial charge on any atom is 0.138 e. The van der Waals surface area contributed by atoms with Crippen LogP contribution in [-0.2, 0) is 5.41 Å². The van der Waals surface area contributed by atoms with E-state index in [-0.39, 0.29) is 22.9 Å². The van der Waals surface area contributed by atoms with Crippen molar-refractivity contribution in [3.8, 4) is 69.3 Å². The standard InChI is InChI=1S/C53H36N2O4/c54-47-33-43(29-31-49(47)56)58-41-25-21-39(22-26-41)53(40-23-27-42(28-24-40)59-44-30-32-50(57)48(55)34-44)45-15-7-13-37(19-17-35-9-3-1-4-10-35)51(45)52-38(14-8-16-46(52)53)20-18-36-11-5-2-6-12-36/h1-16,21-34,56-57H,54-55H2. The fourth-order valence-electron chi connectivity index (χ4n) is 7.74. The van der Waals surface area contributed by atoms with Gasteiger partial charge in [-0.3, -0.25) is 0 Å². The Bertz CT molecular complexity index is 2770. The summed E-state index contributed by atoms with van der Waals surface area (Å²) in [4.78, 5) is 0. The second-order valence-corrected chi connectivity index (χ2v) is 14.1. The minimum Gasteiger partial charge on any atom is -0.506 e. The summed E-state index contributed by atoms with van der Waals surface area (Å²) in [5.74, 6) is 16.1. The lowest BCUT2D eigenvalue weighted by molar-refractivity contribution is 0.466. The molecule has 1 aliphatic rings. The second-order valence-electron chi connectivity index (χ2n) is 14.1. The van der Waals surface area contributed by atoms with Crippen LogP contribution < -0.4 is 20.9 Å². The van der Waals surface area contributed by atoms with Gasteiger partial charge in [-0.1, -0.05) is 109 Å². The monoisotopic (exact) mass is 764 g/mol. The number of hydrogen-bond acceptors (Lipinski definition) is 6. The van der Waals surface area contributed by atoms with Gasteiger partial charge in [0.2, 0.25) is 0 Å². The lowest BCUT2D eigenvalue weighted by atomic mass is 9.67. The predicted molar refractivity (Wildman–Crippen MR) is 234 cm³/mol. The van der Waals surface area contributed by atoms with E-state index >= 15 is 0 Å². The summed E-state index contributed by atoms with van der Waals surface area (Å²) in [5.41, 5.74) is 21.3. The molecule has 0 aliphatic heterocycles. The van der Waals surface area contributed by atoms with E-state index in [0.717, 1.165) is 55.6 Å². The summed E-state index contributed by atoms with van der Waals surface area (Å²) < 4.78 is 12.4. The number of aromatic hydroxyl groups is 2. The van der Waals surface area contributed by atoms with Crippen molar-refractivity contribution in [1.82, 2.24) is 0 Å². The highest BCUT2D eigenvalue weighted by atomic mass is 16.5. The molecule has 282 valence electrons. The molecule has 6 heteroatoms. The molecule has 0 aromatic heterocycles. The van der Waals surface area contributed by atoms with Crippen LogP contribution in [0.3, 0.4) is 0 Å². The van der Waals surface area contributed by atoms with Crippen LogP contribution in [0.2, 0.25) is 0 Å². The molecule has 0 saturated carbocycles. The maximum atomic E-state index is 9.98. The minimum atomic E-state index is -0.831. The Kier molecular flexibility index (Phi) is 9.43. The van der Waals surface area contributed by atoms with Crippen molar-refractivity contribution < 1.29 is 19.7 Å². The van der Waals surface area contributed by atoms with Gasteiger partial charge in [0.15, 0.2) is 0 Å². The number of nitrogen functional groups attached to an aromatic ring is 2. The molecule has 0 spiro atoms. The molecule has 6 N–H and O–H groups in total. The van der Waals surface area contributed by atoms with Crippen LogP contribution in [0.25, 0.3) is 11.1 Å². The zero-order chi connectivity index (χ0) is 40.3. The zero-order valence-corrected chi connectivity index (χ0v) is 31.7. The quantitative estimate of drug-likeness (QED) is 0.0762. The van der Waals surface area contributed by atoms with E-state index in [1.807, 2.05) is 84.9 Å². The number of benzene rings is 8. The third-order valence-electron chi connectivity index (χ3n) is 10.5. The second kappa shape index (κ2) is 15.3. The van der Waals surface area contributed by atoms with Gasteiger partial charge in [0.05, 0.1) is 16.8 Å². The van der Waals surface area contributed by atoms with Gasteiger partial charge in [0, 0.05) is 45.5 Å². The molecule has 0 heterocycles. The third-order valence-corrected chi connectivity index (χ3v) is 10.5. The molecule has 8 aromatic carbocycles. The molecular formula is C53H36N2O4. The molecule has 6 nitrogen and oxygen atoms in total. The van der Waals surface area contributed by atoms with E-state index in [2.05, 4.69) is 84.3 Å². The van der Waals surface area contributed by atoms with E-state index < -0.39 is 5.41 Å². The molecule has 0 saturated heterocycles. The molecule has 59 heavy (non-hydrogen) atoms. The summed E-state index contributed by atoms with van der Waals surface area (Å²) in [7, 11) is 0. The van der Waals surface area contributed by atoms with Crippen LogP contribution in [0.5, 0.6) is 34.5 Å². The average molecular weight is 765 g/mol. The average Bonchev–Trinajstić information content (AvgIpc) is 3.58. The Morgan fingerprint density at radius 1 is 0.390 bits per heavy atom. The summed E-state index contributed by atoms with van der Waals surface area (Å²) in [6.07, 6.45) is 0. The van der Waals surface area contributed by atoms with Crippen molar-refractivity contribution in [3.05, 3.63) is 226 Å². The van der Waals surface area contributed by atoms with Crippen LogP contribution in [0.4, 0.5) is 11.4 Å². The molecule has 9 rings (SSSR count). The van der Waals surface area contributed by atoms with Crippen molar-refractivity contribution in [2.45, 2.75) is 5.41 Å². The summed E-state index contributed by atoms with van der Waals surface area (Å²) >= 11 is 0. The molecule has 0 unspecified atom stereocenters. The molecule has 1 aliphatic carbocycles. The van der Waals surface area contributed by atoms with Crippen LogP contribution in [-0.4, -0.2) is 10.2 Å². The van der Waals surface area contributed by atoms with Gasteiger partial charge in [-0.2, -0.15) is 0 Å². The number of phenolic OH excluding ortho intramolecular Hbond substituents is 2. The van der Waals surface area contributed by atoms with Crippen molar-refractivity contribution in [1.29, 1.82) is 0 Å². The van der Waals surface area contributed by atoms with E-state index in [1.54, 1.807) is 24.3 Å². The third kappa shape index (κ3) is 6.93. The Morgan fingerprint density at radius 3 is 1.17 bits per heavy atom. The smallest absolute Gasteiger partial charge is 0.138 e. The van der Waals surface area contributed by atoms with Gasteiger partial charge in [0.1, 0.15) is 34.5 Å². The predicted octanol–water partition coefficient (Wildman–Crippen LogP) is 11.0. The number of rotatable bonds is 6. The first kappa shape index (κ1) is 36.3. The first-order chi connectivity index (χ1) is 28.9. The van der Waals surface area contributed by atoms with Gasteiger partial charge < -0.3 is 31.2 Å². The normalized spacial score (nSPS) is 11.9. The molecule has 0 fully saturated rings. The number of fused-ring (bicyclic) bond motifs is 3. The van der Waals surface area contributed by atoms with Crippen LogP contribution in [0.1, 0.15) is 44.5 Å². The lowest BCUT2D eigenvalue weighted by Gasteiger charge is -2.34. The van der Waals surface area contributed by atoms with Crippen molar-refractivity contribution in [2.75, 3.05) is 11.5 Å². The fourth-order valence-corrected chi connectivity index (χ4v) is 7.74. The summed E-state index contributed by atoms with van der Waals surface area (Å²) in [5, 5.41) is 20.0. The van der Waals surface area contributed by atoms with Crippen LogP contribution >= 0.6 is 0 Å². The van der Waals surface area contributed by atoms with Gasteiger partial charge in [-0.05, 0) is 107 Å². The van der Waals surface area contributed by atoms with Crippen molar-refractivity contribution in [2.24, 2.45) is 0 Å². The molecule has 0 atom stereocenters. The van der Waals surface area contributed by atoms with Crippen LogP contribution in [0.15, 0.2) is 182 Å². The van der Waals surface area contributed by atoms with Gasteiger partial charge in [-0.25, -0.2) is 0 Å². The molecule has 0 radical (unpaired) electrons. The van der Waals surface area contributed by atoms with E-state index in [1.165, 1.54) is 12.1 Å². The molecular weight excluding hydrogens is 729 g/mol. The number of nitrogens with two attached hydrogens (primary N) is 2. The van der Waals surface area contributed by atoms with Crippen molar-refractivity contribution in [3.63, 3.8) is 0 Å². The van der Waals surface area contributed by atoms with E-state index in [9.17, 15) is 10.2 Å². The first-order valence-corrected chi connectivity index (χ1v) is 19.0. The summed E-state index contributed by atoms with van der Waals surface area (Å²) in [6, 6.07) is 58.4. The molecule has 0 bridgehead atoms. The largest absolute Gasteiger partial charge is 0.506 e. The maximum absolute atomic E-state index is 9.98. The van der Waals surface area contributed by atoms with Gasteiger partial charge in [0.25, 0.3) is 0 Å². The van der Waals surface area contributed by atoms with E-state index in [4.69, 9.17) is 20.9 Å². The fraction of sp³-hybridized carbons (Fsp3) is 0.0189. The Morgan fingerprint density at radius 2 is 0.780 bits per heavy atom. The zero-order valence-electron chi connectivity index (χ0n) is 31.7. The Labute approximate surface area is 342 Å². The number of phenols is 2. The number of anilines is 2. The Hall–Kier alpha value is -8.32. The summed E-state index contributed by atoms with van der Waals surface area (Å²) in [6.45, 7) is 0. The number of hydrogen-bond donors (Lipinski definition) is 4. The molecule has 0 amide bonds. The lowest BCUT2D eigenvalue weighted by Crippen LogP contribution is -2.28. The highest BCUT2D eigenvalue weighted by Gasteiger charge is 2.47. The highest BCUT2D eigenvalue weighted by Crippen LogP contribution is 2.58. The molecule has 8 aromatic rings. The highest BCUT2D eigenvalue weighted by molar-refractivity contribution is 5.93. The Balaban J connectivity index is 1.26. The van der Waals surface area contributed by atoms with E-state index in [0.29, 0.717) is 23.0 Å². The number of ether oxygens (including phenoxy) is 2. The van der Waals surface area contributed by atoms with Gasteiger partial charge >= 0.3 is 0 Å². The topological polar surface area (TPSA) is 111 Å². The van der Waals surface area contributed by atoms with Crippen LogP contribution in [0, 0.1) is 23.7 Å². The minimum absolute atomic E-state index is 0.00234. The SMILES string of the molecule is Nc1cc(Oc2ccc(C3(c4ccc(Oc5ccc(O)c(N)c5)cc4)c4cccc(C#Cc5ccccc5)c4-c4c(C#Cc5ccccc5)cccc43)cc2)ccc1O. The first-order valence-electron chi connectivity index (χ1n) is 19.0.